The SMILES string of the molecule is COc1cc(CC(=O)NCC(CC(C)C)C(=O)O)ccc1C. The van der Waals surface area contributed by atoms with Gasteiger partial charge in [-0.2, -0.15) is 0 Å². The van der Waals surface area contributed by atoms with E-state index in [2.05, 4.69) is 5.32 Å². The van der Waals surface area contributed by atoms with Crippen molar-refractivity contribution in [3.05, 3.63) is 29.3 Å². The molecule has 5 heteroatoms. The smallest absolute Gasteiger partial charge is 0.308 e. The van der Waals surface area contributed by atoms with Gasteiger partial charge in [0.1, 0.15) is 5.75 Å². The molecule has 1 aromatic rings. The van der Waals surface area contributed by atoms with Crippen LogP contribution in [0.2, 0.25) is 0 Å². The quantitative estimate of drug-likeness (QED) is 0.773. The number of carbonyl (C=O) groups excluding carboxylic acids is 1. The molecule has 0 aromatic heterocycles. The number of aliphatic carboxylic acids is 1. The fraction of sp³-hybridized carbons (Fsp3) is 0.529. The third-order valence-corrected chi connectivity index (χ3v) is 3.49. The molecule has 0 aliphatic rings. The normalized spacial score (nSPS) is 12.0. The molecule has 0 spiro atoms. The summed E-state index contributed by atoms with van der Waals surface area (Å²) in [4.78, 5) is 23.1. The molecule has 0 saturated heterocycles. The second-order valence-corrected chi connectivity index (χ2v) is 5.95. The monoisotopic (exact) mass is 307 g/mol. The highest BCUT2D eigenvalue weighted by Crippen LogP contribution is 2.19. The summed E-state index contributed by atoms with van der Waals surface area (Å²) in [5.74, 6) is -0.573. The van der Waals surface area contributed by atoms with Crippen molar-refractivity contribution in [2.24, 2.45) is 11.8 Å². The summed E-state index contributed by atoms with van der Waals surface area (Å²) in [5, 5.41) is 11.9. The summed E-state index contributed by atoms with van der Waals surface area (Å²) in [5.41, 5.74) is 1.85. The number of nitrogens with one attached hydrogen (secondary N) is 1. The van der Waals surface area contributed by atoms with Crippen LogP contribution in [0.3, 0.4) is 0 Å². The minimum Gasteiger partial charge on any atom is -0.496 e. The van der Waals surface area contributed by atoms with Gasteiger partial charge in [-0.05, 0) is 36.5 Å². The molecule has 1 amide bonds. The lowest BCUT2D eigenvalue weighted by atomic mass is 9.97. The maximum absolute atomic E-state index is 12.0. The van der Waals surface area contributed by atoms with Crippen LogP contribution in [0.15, 0.2) is 18.2 Å². The van der Waals surface area contributed by atoms with E-state index in [1.807, 2.05) is 39.0 Å². The van der Waals surface area contributed by atoms with Crippen molar-refractivity contribution in [3.63, 3.8) is 0 Å². The van der Waals surface area contributed by atoms with Crippen LogP contribution in [0.1, 0.15) is 31.4 Å². The van der Waals surface area contributed by atoms with E-state index in [4.69, 9.17) is 9.84 Å². The zero-order valence-electron chi connectivity index (χ0n) is 13.7. The number of rotatable bonds is 8. The van der Waals surface area contributed by atoms with Gasteiger partial charge in [0, 0.05) is 6.54 Å². The topological polar surface area (TPSA) is 75.6 Å². The lowest BCUT2D eigenvalue weighted by Crippen LogP contribution is -2.34. The Bertz CT molecular complexity index is 525. The largest absolute Gasteiger partial charge is 0.496 e. The number of hydrogen-bond acceptors (Lipinski definition) is 3. The average molecular weight is 307 g/mol. The Hall–Kier alpha value is -2.04. The number of ether oxygens (including phenoxy) is 1. The van der Waals surface area contributed by atoms with Crippen LogP contribution in [0.25, 0.3) is 0 Å². The molecule has 1 rings (SSSR count). The summed E-state index contributed by atoms with van der Waals surface area (Å²) in [6.45, 7) is 6.04. The lowest BCUT2D eigenvalue weighted by molar-refractivity contribution is -0.142. The van der Waals surface area contributed by atoms with E-state index in [0.717, 1.165) is 16.9 Å². The first kappa shape index (κ1) is 18.0. The number of aryl methyl sites for hydroxylation is 1. The molecule has 0 radical (unpaired) electrons. The number of hydrogen-bond donors (Lipinski definition) is 2. The fourth-order valence-electron chi connectivity index (χ4n) is 2.30. The number of amides is 1. The summed E-state index contributed by atoms with van der Waals surface area (Å²) < 4.78 is 5.23. The summed E-state index contributed by atoms with van der Waals surface area (Å²) in [7, 11) is 1.59. The van der Waals surface area contributed by atoms with E-state index in [1.54, 1.807) is 7.11 Å². The molecule has 0 saturated carbocycles. The number of methoxy groups -OCH3 is 1. The Morgan fingerprint density at radius 2 is 2.00 bits per heavy atom. The van der Waals surface area contributed by atoms with Crippen LogP contribution >= 0.6 is 0 Å². The minimum absolute atomic E-state index is 0.162. The molecule has 2 N–H and O–H groups in total. The molecule has 122 valence electrons. The second kappa shape index (κ2) is 8.41. The van der Waals surface area contributed by atoms with Crippen molar-refractivity contribution in [1.29, 1.82) is 0 Å². The zero-order chi connectivity index (χ0) is 16.7. The van der Waals surface area contributed by atoms with Gasteiger partial charge in [-0.3, -0.25) is 9.59 Å². The van der Waals surface area contributed by atoms with Crippen molar-refractivity contribution in [2.45, 2.75) is 33.6 Å². The van der Waals surface area contributed by atoms with Crippen molar-refractivity contribution in [2.75, 3.05) is 13.7 Å². The molecule has 0 bridgehead atoms. The first-order valence-electron chi connectivity index (χ1n) is 7.46. The first-order chi connectivity index (χ1) is 10.3. The van der Waals surface area contributed by atoms with E-state index in [-0.39, 0.29) is 24.8 Å². The fourth-order valence-corrected chi connectivity index (χ4v) is 2.30. The van der Waals surface area contributed by atoms with Gasteiger partial charge in [-0.15, -0.1) is 0 Å². The summed E-state index contributed by atoms with van der Waals surface area (Å²) in [6.07, 6.45) is 0.763. The van der Waals surface area contributed by atoms with Gasteiger partial charge in [0.2, 0.25) is 5.91 Å². The van der Waals surface area contributed by atoms with Gasteiger partial charge >= 0.3 is 5.97 Å². The van der Waals surface area contributed by atoms with Gasteiger partial charge in [0.15, 0.2) is 0 Å². The third-order valence-electron chi connectivity index (χ3n) is 3.49. The Labute approximate surface area is 131 Å². The number of carboxylic acids is 1. The Kier molecular flexibility index (Phi) is 6.89. The van der Waals surface area contributed by atoms with E-state index in [0.29, 0.717) is 6.42 Å². The van der Waals surface area contributed by atoms with Crippen LogP contribution in [0, 0.1) is 18.8 Å². The average Bonchev–Trinajstić information content (AvgIpc) is 2.44. The predicted octanol–water partition coefficient (Wildman–Crippen LogP) is 2.41. The van der Waals surface area contributed by atoms with E-state index < -0.39 is 11.9 Å². The Morgan fingerprint density at radius 1 is 1.32 bits per heavy atom. The highest BCUT2D eigenvalue weighted by atomic mass is 16.5. The minimum atomic E-state index is -0.869. The standard InChI is InChI=1S/C17H25NO4/c1-11(2)7-14(17(20)21)10-18-16(19)9-13-6-5-12(3)15(8-13)22-4/h5-6,8,11,14H,7,9-10H2,1-4H3,(H,18,19)(H,20,21). The number of carboxylic acid groups (broad SMARTS) is 1. The highest BCUT2D eigenvalue weighted by Gasteiger charge is 2.19. The third kappa shape index (κ3) is 5.76. The summed E-state index contributed by atoms with van der Waals surface area (Å²) >= 11 is 0. The van der Waals surface area contributed by atoms with Crippen LogP contribution < -0.4 is 10.1 Å². The molecule has 5 nitrogen and oxygen atoms in total. The van der Waals surface area contributed by atoms with Crippen molar-refractivity contribution < 1.29 is 19.4 Å². The predicted molar refractivity (Wildman–Crippen MR) is 85.0 cm³/mol. The van der Waals surface area contributed by atoms with Crippen molar-refractivity contribution in [3.8, 4) is 5.75 Å². The van der Waals surface area contributed by atoms with Crippen LogP contribution in [-0.2, 0) is 16.0 Å². The maximum atomic E-state index is 12.0. The molecular weight excluding hydrogens is 282 g/mol. The van der Waals surface area contributed by atoms with E-state index in [9.17, 15) is 9.59 Å². The van der Waals surface area contributed by atoms with Crippen molar-refractivity contribution >= 4 is 11.9 Å². The summed E-state index contributed by atoms with van der Waals surface area (Å²) in [6, 6.07) is 5.61. The van der Waals surface area contributed by atoms with Gasteiger partial charge in [0.25, 0.3) is 0 Å². The Morgan fingerprint density at radius 3 is 2.55 bits per heavy atom. The molecule has 0 fully saturated rings. The van der Waals surface area contributed by atoms with Crippen LogP contribution in [0.5, 0.6) is 5.75 Å². The van der Waals surface area contributed by atoms with Crippen molar-refractivity contribution in [1.82, 2.24) is 5.32 Å². The number of carbonyl (C=O) groups is 2. The molecule has 22 heavy (non-hydrogen) atoms. The molecular formula is C17H25NO4. The molecule has 0 heterocycles. The van der Waals surface area contributed by atoms with Gasteiger partial charge in [-0.25, -0.2) is 0 Å². The molecule has 1 aromatic carbocycles. The molecule has 1 unspecified atom stereocenters. The Balaban J connectivity index is 2.57. The molecule has 0 aliphatic carbocycles. The molecule has 1 atom stereocenters. The second-order valence-electron chi connectivity index (χ2n) is 5.95. The van der Waals surface area contributed by atoms with E-state index in [1.165, 1.54) is 0 Å². The highest BCUT2D eigenvalue weighted by molar-refractivity contribution is 5.79. The van der Waals surface area contributed by atoms with Crippen LogP contribution in [0.4, 0.5) is 0 Å². The maximum Gasteiger partial charge on any atom is 0.308 e. The lowest BCUT2D eigenvalue weighted by Gasteiger charge is -2.15. The first-order valence-corrected chi connectivity index (χ1v) is 7.46. The van der Waals surface area contributed by atoms with E-state index >= 15 is 0 Å². The van der Waals surface area contributed by atoms with Gasteiger partial charge in [0.05, 0.1) is 19.4 Å². The molecule has 0 aliphatic heterocycles. The zero-order valence-corrected chi connectivity index (χ0v) is 13.7. The van der Waals surface area contributed by atoms with Gasteiger partial charge < -0.3 is 15.2 Å². The number of benzene rings is 1. The van der Waals surface area contributed by atoms with Crippen LogP contribution in [-0.4, -0.2) is 30.6 Å². The van der Waals surface area contributed by atoms with Gasteiger partial charge in [-0.1, -0.05) is 26.0 Å².